The van der Waals surface area contributed by atoms with Crippen molar-refractivity contribution in [2.75, 3.05) is 0 Å². The quantitative estimate of drug-likeness (QED) is 0.665. The van der Waals surface area contributed by atoms with Crippen LogP contribution in [0.15, 0.2) is 58.4 Å². The van der Waals surface area contributed by atoms with Crippen molar-refractivity contribution in [2.45, 2.75) is 44.4 Å². The molecule has 6 nitrogen and oxygen atoms in total. The number of carbonyl (C=O) groups is 1. The van der Waals surface area contributed by atoms with Crippen LogP contribution in [0.4, 0.5) is 5.69 Å². The summed E-state index contributed by atoms with van der Waals surface area (Å²) in [5, 5.41) is 5.27. The van der Waals surface area contributed by atoms with E-state index in [-0.39, 0.29) is 11.3 Å². The van der Waals surface area contributed by atoms with Gasteiger partial charge in [-0.05, 0) is 47.7 Å². The van der Waals surface area contributed by atoms with Crippen LogP contribution in [-0.2, 0) is 14.8 Å². The van der Waals surface area contributed by atoms with Crippen LogP contribution in [0.2, 0.25) is 0 Å². The van der Waals surface area contributed by atoms with Gasteiger partial charge in [0.05, 0.1) is 10.6 Å². The van der Waals surface area contributed by atoms with E-state index in [2.05, 4.69) is 31.7 Å². The third-order valence-corrected chi connectivity index (χ3v) is 5.74. The zero-order chi connectivity index (χ0) is 22.1. The number of fused-ring (bicyclic) bond motifs is 1. The number of sulfonamides is 1. The fourth-order valence-corrected chi connectivity index (χ4v) is 4.01. The van der Waals surface area contributed by atoms with Gasteiger partial charge in [0.1, 0.15) is 0 Å². The van der Waals surface area contributed by atoms with Crippen LogP contribution in [0, 0.1) is 5.92 Å². The number of carbonyl (C=O) groups excluding carboxylic acids is 1. The largest absolute Gasteiger partial charge is 0.372 e. The van der Waals surface area contributed by atoms with Crippen molar-refractivity contribution < 1.29 is 13.2 Å². The summed E-state index contributed by atoms with van der Waals surface area (Å²) >= 11 is 0. The van der Waals surface area contributed by atoms with Crippen LogP contribution < -0.4 is 10.9 Å². The van der Waals surface area contributed by atoms with Crippen molar-refractivity contribution in [3.05, 3.63) is 54.1 Å². The van der Waals surface area contributed by atoms with Gasteiger partial charge >= 0.3 is 0 Å². The topological polar surface area (TPSA) is 116 Å². The van der Waals surface area contributed by atoms with Gasteiger partial charge in [0.15, 0.2) is 0 Å². The Morgan fingerprint density at radius 1 is 1.07 bits per heavy atom. The smallest absolute Gasteiger partial charge is 0.238 e. The predicted octanol–water partition coefficient (Wildman–Crippen LogP) is 4.42. The molecule has 0 radical (unpaired) electrons. The lowest BCUT2D eigenvalue weighted by Crippen LogP contribution is -2.11. The van der Waals surface area contributed by atoms with E-state index in [4.69, 9.17) is 14.9 Å². The summed E-state index contributed by atoms with van der Waals surface area (Å²) in [6.45, 7) is 4.38. The van der Waals surface area contributed by atoms with Crippen molar-refractivity contribution in [3.8, 4) is 11.1 Å². The van der Waals surface area contributed by atoms with Gasteiger partial charge in [-0.3, -0.25) is 9.79 Å². The molecule has 30 heavy (non-hydrogen) atoms. The van der Waals surface area contributed by atoms with E-state index in [1.165, 1.54) is 11.8 Å². The molecule has 0 saturated heterocycles. The molecule has 2 aromatic carbocycles. The SMILES string of the molecule is CCCC1=Nc2cc(-c3cccc(S(N)(=O)=O)c3)ccc2C=CC1CCC.NC=O. The van der Waals surface area contributed by atoms with Gasteiger partial charge < -0.3 is 5.73 Å². The van der Waals surface area contributed by atoms with Crippen molar-refractivity contribution >= 4 is 33.9 Å². The van der Waals surface area contributed by atoms with Gasteiger partial charge in [-0.1, -0.05) is 63.1 Å². The van der Waals surface area contributed by atoms with Crippen LogP contribution >= 0.6 is 0 Å². The normalized spacial score (nSPS) is 15.3. The molecule has 1 amide bonds. The number of nitrogens with zero attached hydrogens (tertiary/aromatic N) is 1. The number of benzene rings is 2. The Morgan fingerprint density at radius 3 is 2.40 bits per heavy atom. The van der Waals surface area contributed by atoms with Crippen LogP contribution in [0.1, 0.15) is 45.1 Å². The third kappa shape index (κ3) is 6.11. The molecule has 1 aliphatic rings. The molecule has 1 heterocycles. The van der Waals surface area contributed by atoms with E-state index in [9.17, 15) is 8.42 Å². The minimum atomic E-state index is -3.72. The molecule has 3 rings (SSSR count). The highest BCUT2D eigenvalue weighted by Gasteiger charge is 2.16. The Bertz CT molecular complexity index is 1040. The first-order valence-electron chi connectivity index (χ1n) is 10.0. The molecular formula is C23H29N3O3S. The van der Waals surface area contributed by atoms with E-state index in [1.807, 2.05) is 24.3 Å². The Hall–Kier alpha value is -2.77. The lowest BCUT2D eigenvalue weighted by molar-refractivity contribution is -0.106. The van der Waals surface area contributed by atoms with E-state index in [1.54, 1.807) is 12.1 Å². The highest BCUT2D eigenvalue weighted by atomic mass is 32.2. The Morgan fingerprint density at radius 2 is 1.77 bits per heavy atom. The number of allylic oxidation sites excluding steroid dienone is 1. The molecule has 0 aromatic heterocycles. The third-order valence-electron chi connectivity index (χ3n) is 4.83. The second kappa shape index (κ2) is 10.8. The molecule has 0 spiro atoms. The number of rotatable bonds is 6. The number of hydrogen-bond acceptors (Lipinski definition) is 4. The average molecular weight is 428 g/mol. The molecule has 1 atom stereocenters. The minimum absolute atomic E-state index is 0.119. The lowest BCUT2D eigenvalue weighted by atomic mass is 9.94. The van der Waals surface area contributed by atoms with Crippen LogP contribution in [0.25, 0.3) is 17.2 Å². The summed E-state index contributed by atoms with van der Waals surface area (Å²) in [7, 11) is -3.72. The molecule has 0 bridgehead atoms. The number of hydrogen-bond donors (Lipinski definition) is 2. The Kier molecular flexibility index (Phi) is 8.50. The monoisotopic (exact) mass is 427 g/mol. The lowest BCUT2D eigenvalue weighted by Gasteiger charge is -2.13. The van der Waals surface area contributed by atoms with Gasteiger partial charge in [-0.2, -0.15) is 0 Å². The van der Waals surface area contributed by atoms with Gasteiger partial charge in [-0.25, -0.2) is 13.6 Å². The summed E-state index contributed by atoms with van der Waals surface area (Å²) < 4.78 is 23.3. The number of primary sulfonamides is 1. The van der Waals surface area contributed by atoms with Crippen molar-refractivity contribution in [1.82, 2.24) is 0 Å². The molecule has 0 saturated carbocycles. The number of primary amides is 1. The molecule has 4 N–H and O–H groups in total. The van der Waals surface area contributed by atoms with Gasteiger partial charge in [0.25, 0.3) is 0 Å². The summed E-state index contributed by atoms with van der Waals surface area (Å²) in [6, 6.07) is 12.8. The van der Waals surface area contributed by atoms with Crippen molar-refractivity contribution in [1.29, 1.82) is 0 Å². The first-order chi connectivity index (χ1) is 14.3. The number of amides is 1. The molecule has 160 valence electrons. The van der Waals surface area contributed by atoms with Crippen LogP contribution in [0.3, 0.4) is 0 Å². The molecule has 1 unspecified atom stereocenters. The van der Waals surface area contributed by atoms with Crippen LogP contribution in [0.5, 0.6) is 0 Å². The average Bonchev–Trinajstić information content (AvgIpc) is 2.88. The van der Waals surface area contributed by atoms with Crippen LogP contribution in [-0.4, -0.2) is 20.5 Å². The maximum atomic E-state index is 11.7. The molecule has 7 heteroatoms. The zero-order valence-electron chi connectivity index (χ0n) is 17.4. The second-order valence-electron chi connectivity index (χ2n) is 7.09. The maximum absolute atomic E-state index is 11.7. The first-order valence-corrected chi connectivity index (χ1v) is 11.6. The fourth-order valence-electron chi connectivity index (χ4n) is 3.45. The summed E-state index contributed by atoms with van der Waals surface area (Å²) in [6.07, 6.45) is 8.96. The van der Waals surface area contributed by atoms with Gasteiger partial charge in [0, 0.05) is 11.6 Å². The molecule has 2 aromatic rings. The van der Waals surface area contributed by atoms with E-state index >= 15 is 0 Å². The number of aliphatic imine (C=N–C) groups is 1. The summed E-state index contributed by atoms with van der Waals surface area (Å²) in [4.78, 5) is 13.7. The van der Waals surface area contributed by atoms with E-state index < -0.39 is 10.0 Å². The zero-order valence-corrected chi connectivity index (χ0v) is 18.2. The summed E-state index contributed by atoms with van der Waals surface area (Å²) in [5.74, 6) is 0.386. The minimum Gasteiger partial charge on any atom is -0.372 e. The highest BCUT2D eigenvalue weighted by Crippen LogP contribution is 2.33. The van der Waals surface area contributed by atoms with E-state index in [0.717, 1.165) is 48.1 Å². The molecule has 0 fully saturated rings. The van der Waals surface area contributed by atoms with Gasteiger partial charge in [-0.15, -0.1) is 0 Å². The Balaban J connectivity index is 0.00000101. The second-order valence-corrected chi connectivity index (χ2v) is 8.65. The van der Waals surface area contributed by atoms with E-state index in [0.29, 0.717) is 5.92 Å². The maximum Gasteiger partial charge on any atom is 0.238 e. The molecular weight excluding hydrogens is 398 g/mol. The standard InChI is InChI=1S/C22H26N2O2S.CH3NO/c1-3-6-16-10-11-17-12-13-19(15-22(17)24-21(16)7-4-2)18-8-5-9-20(14-18)27(23,25)26;2-1-3/h5,8-16H,3-4,6-7H2,1-2H3,(H2,23,25,26);1H,(H2,2,3). The molecule has 0 aliphatic carbocycles. The predicted molar refractivity (Wildman–Crippen MR) is 123 cm³/mol. The Labute approximate surface area is 178 Å². The van der Waals surface area contributed by atoms with Crippen molar-refractivity contribution in [2.24, 2.45) is 21.8 Å². The fraction of sp³-hybridized carbons (Fsp3) is 0.304. The molecule has 1 aliphatic heterocycles. The van der Waals surface area contributed by atoms with Crippen molar-refractivity contribution in [3.63, 3.8) is 0 Å². The number of nitrogens with two attached hydrogens (primary N) is 2. The first kappa shape index (κ1) is 23.5. The summed E-state index contributed by atoms with van der Waals surface area (Å²) in [5.41, 5.74) is 9.17. The highest BCUT2D eigenvalue weighted by molar-refractivity contribution is 7.89. The van der Waals surface area contributed by atoms with Gasteiger partial charge in [0.2, 0.25) is 16.4 Å².